The summed E-state index contributed by atoms with van der Waals surface area (Å²) in [7, 11) is 0. The molecule has 1 N–H and O–H groups in total. The van der Waals surface area contributed by atoms with Gasteiger partial charge in [-0.3, -0.25) is 0 Å². The fraction of sp³-hybridized carbons (Fsp3) is 0.385. The molecular weight excluding hydrogens is 257 g/mol. The van der Waals surface area contributed by atoms with E-state index in [2.05, 4.69) is 9.97 Å². The van der Waals surface area contributed by atoms with Crippen molar-refractivity contribution in [2.75, 3.05) is 0 Å². The lowest BCUT2D eigenvalue weighted by atomic mass is 10.1. The first-order chi connectivity index (χ1) is 8.91. The molecule has 0 aliphatic carbocycles. The molecule has 0 atom stereocenters. The van der Waals surface area contributed by atoms with Gasteiger partial charge in [-0.1, -0.05) is 13.3 Å². The molecule has 1 aromatic heterocycles. The SMILES string of the molecule is CCCCc1nc(O)c2cc(C(F)(F)F)ccc2n1. The third-order valence-corrected chi connectivity index (χ3v) is 2.80. The van der Waals surface area contributed by atoms with E-state index in [1.54, 1.807) is 0 Å². The molecule has 6 heteroatoms. The lowest BCUT2D eigenvalue weighted by Gasteiger charge is -2.09. The van der Waals surface area contributed by atoms with Crippen molar-refractivity contribution in [3.63, 3.8) is 0 Å². The number of alkyl halides is 3. The van der Waals surface area contributed by atoms with Crippen molar-refractivity contribution in [1.29, 1.82) is 0 Å². The van der Waals surface area contributed by atoms with Gasteiger partial charge in [-0.25, -0.2) is 4.98 Å². The maximum absolute atomic E-state index is 12.6. The van der Waals surface area contributed by atoms with Crippen molar-refractivity contribution in [2.24, 2.45) is 0 Å². The van der Waals surface area contributed by atoms with E-state index in [-0.39, 0.29) is 5.39 Å². The van der Waals surface area contributed by atoms with Crippen molar-refractivity contribution < 1.29 is 18.3 Å². The van der Waals surface area contributed by atoms with E-state index in [1.165, 1.54) is 6.07 Å². The molecule has 0 aliphatic heterocycles. The summed E-state index contributed by atoms with van der Waals surface area (Å²) in [5, 5.41) is 9.75. The van der Waals surface area contributed by atoms with Crippen LogP contribution in [0.4, 0.5) is 13.2 Å². The number of unbranched alkanes of at least 4 members (excludes halogenated alkanes) is 1. The van der Waals surface area contributed by atoms with Crippen LogP contribution in [-0.2, 0) is 12.6 Å². The van der Waals surface area contributed by atoms with E-state index in [1.807, 2.05) is 6.92 Å². The van der Waals surface area contributed by atoms with Crippen molar-refractivity contribution in [3.8, 4) is 5.88 Å². The molecule has 0 amide bonds. The standard InChI is InChI=1S/C13H13F3N2O/c1-2-3-4-11-17-10-6-5-8(13(14,15)16)7-9(10)12(19)18-11/h5-7H,2-4H2,1H3,(H,17,18,19). The predicted molar refractivity (Wildman–Crippen MR) is 64.8 cm³/mol. The van der Waals surface area contributed by atoms with Crippen LogP contribution in [0.1, 0.15) is 31.2 Å². The number of hydrogen-bond acceptors (Lipinski definition) is 3. The minimum Gasteiger partial charge on any atom is -0.493 e. The van der Waals surface area contributed by atoms with Crippen LogP contribution in [0.5, 0.6) is 5.88 Å². The molecule has 102 valence electrons. The van der Waals surface area contributed by atoms with Gasteiger partial charge in [0.05, 0.1) is 16.5 Å². The van der Waals surface area contributed by atoms with E-state index >= 15 is 0 Å². The van der Waals surface area contributed by atoms with Gasteiger partial charge in [0.1, 0.15) is 5.82 Å². The maximum atomic E-state index is 12.6. The number of nitrogens with zero attached hydrogens (tertiary/aromatic N) is 2. The monoisotopic (exact) mass is 270 g/mol. The molecule has 0 fully saturated rings. The molecule has 3 nitrogen and oxygen atoms in total. The van der Waals surface area contributed by atoms with Gasteiger partial charge >= 0.3 is 6.18 Å². The van der Waals surface area contributed by atoms with Crippen LogP contribution in [0.25, 0.3) is 10.9 Å². The minimum absolute atomic E-state index is 0.0232. The summed E-state index contributed by atoms with van der Waals surface area (Å²) in [4.78, 5) is 8.00. The Kier molecular flexibility index (Phi) is 3.59. The molecule has 1 heterocycles. The Labute approximate surface area is 108 Å². The summed E-state index contributed by atoms with van der Waals surface area (Å²) in [5.74, 6) is 0.0498. The molecule has 0 spiro atoms. The molecule has 0 radical (unpaired) electrons. The Hall–Kier alpha value is -1.85. The van der Waals surface area contributed by atoms with Crippen LogP contribution >= 0.6 is 0 Å². The number of hydrogen-bond donors (Lipinski definition) is 1. The van der Waals surface area contributed by atoms with E-state index < -0.39 is 17.6 Å². The third-order valence-electron chi connectivity index (χ3n) is 2.80. The largest absolute Gasteiger partial charge is 0.493 e. The first kappa shape index (κ1) is 13.6. The van der Waals surface area contributed by atoms with Crippen LogP contribution in [-0.4, -0.2) is 15.1 Å². The molecule has 0 saturated heterocycles. The highest BCUT2D eigenvalue weighted by Gasteiger charge is 2.30. The van der Waals surface area contributed by atoms with E-state index in [0.717, 1.165) is 25.0 Å². The molecule has 2 aromatic rings. The zero-order valence-corrected chi connectivity index (χ0v) is 10.3. The number of halogens is 3. The maximum Gasteiger partial charge on any atom is 0.416 e. The molecule has 0 bridgehead atoms. The van der Waals surface area contributed by atoms with Crippen LogP contribution in [0.2, 0.25) is 0 Å². The van der Waals surface area contributed by atoms with Gasteiger partial charge in [0.15, 0.2) is 0 Å². The van der Waals surface area contributed by atoms with Gasteiger partial charge in [0.2, 0.25) is 5.88 Å². The van der Waals surface area contributed by atoms with Crippen molar-refractivity contribution >= 4 is 10.9 Å². The van der Waals surface area contributed by atoms with Crippen molar-refractivity contribution in [1.82, 2.24) is 9.97 Å². The average molecular weight is 270 g/mol. The molecule has 0 saturated carbocycles. The number of aryl methyl sites for hydroxylation is 1. The van der Waals surface area contributed by atoms with E-state index in [4.69, 9.17) is 0 Å². The van der Waals surface area contributed by atoms with Gasteiger partial charge in [-0.15, -0.1) is 0 Å². The molecule has 19 heavy (non-hydrogen) atoms. The van der Waals surface area contributed by atoms with Crippen LogP contribution in [0.3, 0.4) is 0 Å². The highest BCUT2D eigenvalue weighted by molar-refractivity contribution is 5.83. The summed E-state index contributed by atoms with van der Waals surface area (Å²) in [6.45, 7) is 2.01. The van der Waals surface area contributed by atoms with Gasteiger partial charge in [0, 0.05) is 6.42 Å². The first-order valence-corrected chi connectivity index (χ1v) is 5.98. The number of aromatic nitrogens is 2. The summed E-state index contributed by atoms with van der Waals surface area (Å²) in [6.07, 6.45) is -2.02. The number of benzene rings is 1. The highest BCUT2D eigenvalue weighted by Crippen LogP contribution is 2.33. The zero-order chi connectivity index (χ0) is 14.0. The Bertz CT molecular complexity index is 596. The summed E-state index contributed by atoms with van der Waals surface area (Å²) in [6, 6.07) is 3.08. The summed E-state index contributed by atoms with van der Waals surface area (Å²) >= 11 is 0. The van der Waals surface area contributed by atoms with Gasteiger partial charge in [-0.05, 0) is 24.6 Å². The van der Waals surface area contributed by atoms with Gasteiger partial charge in [0.25, 0.3) is 0 Å². The molecule has 0 unspecified atom stereocenters. The van der Waals surface area contributed by atoms with E-state index in [9.17, 15) is 18.3 Å². The smallest absolute Gasteiger partial charge is 0.416 e. The molecule has 1 aromatic carbocycles. The number of aromatic hydroxyl groups is 1. The van der Waals surface area contributed by atoms with Gasteiger partial charge in [-0.2, -0.15) is 18.2 Å². The van der Waals surface area contributed by atoms with Crippen LogP contribution in [0.15, 0.2) is 18.2 Å². The Morgan fingerprint density at radius 1 is 1.21 bits per heavy atom. The van der Waals surface area contributed by atoms with E-state index in [0.29, 0.717) is 17.8 Å². The average Bonchev–Trinajstić information content (AvgIpc) is 2.35. The fourth-order valence-corrected chi connectivity index (χ4v) is 1.78. The fourth-order valence-electron chi connectivity index (χ4n) is 1.78. The second kappa shape index (κ2) is 5.03. The van der Waals surface area contributed by atoms with Crippen molar-refractivity contribution in [2.45, 2.75) is 32.4 Å². The number of fused-ring (bicyclic) bond motifs is 1. The Morgan fingerprint density at radius 3 is 2.58 bits per heavy atom. The molecule has 2 rings (SSSR count). The predicted octanol–water partition coefficient (Wildman–Crippen LogP) is 3.70. The second-order valence-corrected chi connectivity index (χ2v) is 4.30. The molecule has 0 aliphatic rings. The number of rotatable bonds is 3. The second-order valence-electron chi connectivity index (χ2n) is 4.30. The Morgan fingerprint density at radius 2 is 1.95 bits per heavy atom. The minimum atomic E-state index is -4.44. The third kappa shape index (κ3) is 2.94. The lowest BCUT2D eigenvalue weighted by Crippen LogP contribution is -2.05. The van der Waals surface area contributed by atoms with Gasteiger partial charge < -0.3 is 5.11 Å². The summed E-state index contributed by atoms with van der Waals surface area (Å²) < 4.78 is 37.7. The zero-order valence-electron chi connectivity index (χ0n) is 10.3. The topological polar surface area (TPSA) is 46.0 Å². The quantitative estimate of drug-likeness (QED) is 0.925. The molecular formula is C13H13F3N2O. The van der Waals surface area contributed by atoms with Crippen LogP contribution in [0, 0.1) is 0 Å². The lowest BCUT2D eigenvalue weighted by molar-refractivity contribution is -0.137. The highest BCUT2D eigenvalue weighted by atomic mass is 19.4. The normalized spacial score (nSPS) is 12.0. The van der Waals surface area contributed by atoms with Crippen molar-refractivity contribution in [3.05, 3.63) is 29.6 Å². The first-order valence-electron chi connectivity index (χ1n) is 5.98. The van der Waals surface area contributed by atoms with Crippen LogP contribution < -0.4 is 0 Å². The summed E-state index contributed by atoms with van der Waals surface area (Å²) in [5.41, 5.74) is -0.494. The Balaban J connectivity index is 2.48.